The number of rotatable bonds is 5. The van der Waals surface area contributed by atoms with Gasteiger partial charge in [-0.15, -0.1) is 0 Å². The van der Waals surface area contributed by atoms with Gasteiger partial charge >= 0.3 is 0 Å². The highest BCUT2D eigenvalue weighted by molar-refractivity contribution is 5.85. The zero-order valence-corrected chi connectivity index (χ0v) is 13.1. The molecule has 2 rings (SSSR count). The molecule has 118 valence electrons. The molecule has 4 nitrogen and oxygen atoms in total. The molecule has 2 N–H and O–H groups in total. The Morgan fingerprint density at radius 1 is 1.32 bits per heavy atom. The van der Waals surface area contributed by atoms with Crippen molar-refractivity contribution >= 4 is 5.91 Å². The van der Waals surface area contributed by atoms with Gasteiger partial charge in [-0.1, -0.05) is 49.6 Å². The van der Waals surface area contributed by atoms with Crippen LogP contribution in [0.1, 0.15) is 44.6 Å². The number of aliphatic hydroxyl groups excluding tert-OH is 1. The van der Waals surface area contributed by atoms with Gasteiger partial charge in [-0.05, 0) is 25.3 Å². The van der Waals surface area contributed by atoms with Gasteiger partial charge in [-0.2, -0.15) is 5.26 Å². The lowest BCUT2D eigenvalue weighted by Gasteiger charge is -2.31. The molecule has 1 aliphatic carbocycles. The molecule has 0 spiro atoms. The number of nitrogens with zero attached hydrogens (tertiary/aromatic N) is 1. The molecule has 0 saturated heterocycles. The Morgan fingerprint density at radius 2 is 1.95 bits per heavy atom. The van der Waals surface area contributed by atoms with Gasteiger partial charge < -0.3 is 10.4 Å². The summed E-state index contributed by atoms with van der Waals surface area (Å²) in [5, 5.41) is 22.6. The molecule has 1 aromatic carbocycles. The second-order valence-corrected chi connectivity index (χ2v) is 6.27. The Hall–Kier alpha value is -1.86. The third-order valence-corrected chi connectivity index (χ3v) is 4.58. The van der Waals surface area contributed by atoms with E-state index < -0.39 is 11.5 Å². The van der Waals surface area contributed by atoms with Crippen LogP contribution in [0.2, 0.25) is 0 Å². The molecule has 4 heteroatoms. The van der Waals surface area contributed by atoms with E-state index in [0.29, 0.717) is 19.3 Å². The van der Waals surface area contributed by atoms with Crippen molar-refractivity contribution in [2.24, 2.45) is 5.41 Å². The molecular weight excluding hydrogens is 276 g/mol. The largest absolute Gasteiger partial charge is 0.391 e. The number of aliphatic hydroxyl groups is 1. The number of nitrogens with one attached hydrogen (secondary N) is 1. The van der Waals surface area contributed by atoms with Gasteiger partial charge in [0.25, 0.3) is 0 Å². The normalized spacial score (nSPS) is 19.7. The van der Waals surface area contributed by atoms with Gasteiger partial charge in [0.15, 0.2) is 0 Å². The van der Waals surface area contributed by atoms with E-state index in [9.17, 15) is 15.2 Å². The Labute approximate surface area is 132 Å². The fraction of sp³-hybridized carbons (Fsp3) is 0.556. The average Bonchev–Trinajstić information content (AvgIpc) is 2.56. The van der Waals surface area contributed by atoms with Gasteiger partial charge in [0.1, 0.15) is 5.41 Å². The van der Waals surface area contributed by atoms with E-state index in [2.05, 4.69) is 11.4 Å². The summed E-state index contributed by atoms with van der Waals surface area (Å²) in [7, 11) is 0. The quantitative estimate of drug-likeness (QED) is 0.877. The van der Waals surface area contributed by atoms with E-state index in [0.717, 1.165) is 24.8 Å². The molecule has 0 aromatic heterocycles. The van der Waals surface area contributed by atoms with E-state index in [1.165, 1.54) is 0 Å². The minimum absolute atomic E-state index is 0.227. The van der Waals surface area contributed by atoms with Crippen LogP contribution < -0.4 is 5.32 Å². The van der Waals surface area contributed by atoms with E-state index in [-0.39, 0.29) is 11.9 Å². The van der Waals surface area contributed by atoms with Crippen LogP contribution in [0.4, 0.5) is 0 Å². The minimum atomic E-state index is -0.904. The fourth-order valence-corrected chi connectivity index (χ4v) is 3.02. The summed E-state index contributed by atoms with van der Waals surface area (Å²) in [5.41, 5.74) is 0.127. The molecule has 2 atom stereocenters. The second-order valence-electron chi connectivity index (χ2n) is 6.27. The van der Waals surface area contributed by atoms with Gasteiger partial charge in [0.2, 0.25) is 5.91 Å². The van der Waals surface area contributed by atoms with Crippen LogP contribution in [0.15, 0.2) is 30.3 Å². The maximum Gasteiger partial charge on any atom is 0.240 e. The summed E-state index contributed by atoms with van der Waals surface area (Å²) in [5.74, 6) is -0.227. The van der Waals surface area contributed by atoms with Gasteiger partial charge in [0.05, 0.1) is 18.2 Å². The van der Waals surface area contributed by atoms with Crippen LogP contribution in [0.3, 0.4) is 0 Å². The van der Waals surface area contributed by atoms with Crippen molar-refractivity contribution in [3.63, 3.8) is 0 Å². The van der Waals surface area contributed by atoms with Gasteiger partial charge in [-0.3, -0.25) is 4.79 Å². The third kappa shape index (κ3) is 3.86. The number of carbonyl (C=O) groups excluding carboxylic acids is 1. The predicted molar refractivity (Wildman–Crippen MR) is 84.9 cm³/mol. The molecular formula is C18H24N2O2. The zero-order chi connectivity index (χ0) is 16.0. The molecule has 0 heterocycles. The number of amides is 1. The van der Waals surface area contributed by atoms with Crippen LogP contribution in [-0.4, -0.2) is 23.2 Å². The minimum Gasteiger partial charge on any atom is -0.391 e. The maximum atomic E-state index is 12.5. The summed E-state index contributed by atoms with van der Waals surface area (Å²) < 4.78 is 0. The molecule has 1 aliphatic rings. The summed E-state index contributed by atoms with van der Waals surface area (Å²) in [6, 6.07) is 11.5. The highest BCUT2D eigenvalue weighted by Gasteiger charge is 2.40. The van der Waals surface area contributed by atoms with E-state index in [1.54, 1.807) is 6.92 Å². The van der Waals surface area contributed by atoms with Crippen molar-refractivity contribution in [3.8, 4) is 6.07 Å². The highest BCUT2D eigenvalue weighted by Crippen LogP contribution is 2.36. The molecule has 1 amide bonds. The lowest BCUT2D eigenvalue weighted by Crippen LogP contribution is -2.49. The van der Waals surface area contributed by atoms with E-state index in [1.807, 2.05) is 30.3 Å². The van der Waals surface area contributed by atoms with E-state index in [4.69, 9.17) is 0 Å². The van der Waals surface area contributed by atoms with Crippen molar-refractivity contribution in [1.82, 2.24) is 5.32 Å². The van der Waals surface area contributed by atoms with Crippen molar-refractivity contribution in [2.75, 3.05) is 0 Å². The highest BCUT2D eigenvalue weighted by atomic mass is 16.3. The van der Waals surface area contributed by atoms with Crippen molar-refractivity contribution in [3.05, 3.63) is 35.9 Å². The summed E-state index contributed by atoms with van der Waals surface area (Å²) in [6.45, 7) is 1.79. The first-order chi connectivity index (χ1) is 10.6. The summed E-state index contributed by atoms with van der Waals surface area (Å²) >= 11 is 0. The predicted octanol–water partition coefficient (Wildman–Crippen LogP) is 2.57. The number of nitriles is 1. The lowest BCUT2D eigenvalue weighted by molar-refractivity contribution is -0.131. The van der Waals surface area contributed by atoms with Crippen molar-refractivity contribution < 1.29 is 9.90 Å². The number of hydrogen-bond donors (Lipinski definition) is 2. The van der Waals surface area contributed by atoms with Gasteiger partial charge in [0, 0.05) is 6.42 Å². The summed E-state index contributed by atoms with van der Waals surface area (Å²) in [6.07, 6.45) is 3.99. The Balaban J connectivity index is 1.94. The first-order valence-corrected chi connectivity index (χ1v) is 8.01. The molecule has 1 fully saturated rings. The fourth-order valence-electron chi connectivity index (χ4n) is 3.02. The standard InChI is InChI=1S/C18H24N2O2/c1-14(16(21)12-15-8-4-2-5-9-15)20-17(22)18(13-19)10-6-3-7-11-18/h2,4-5,8-9,14,16,21H,3,6-7,10-12H2,1H3,(H,20,22). The molecule has 0 bridgehead atoms. The van der Waals surface area contributed by atoms with Crippen LogP contribution >= 0.6 is 0 Å². The SMILES string of the molecule is CC(NC(=O)C1(C#N)CCCCC1)C(O)Cc1ccccc1. The third-order valence-electron chi connectivity index (χ3n) is 4.58. The van der Waals surface area contributed by atoms with Gasteiger partial charge in [-0.25, -0.2) is 0 Å². The van der Waals surface area contributed by atoms with Crippen LogP contribution in [0, 0.1) is 16.7 Å². The monoisotopic (exact) mass is 300 g/mol. The first kappa shape index (κ1) is 16.5. The van der Waals surface area contributed by atoms with Crippen molar-refractivity contribution in [1.29, 1.82) is 5.26 Å². The Kier molecular flexibility index (Phi) is 5.57. The van der Waals surface area contributed by atoms with Crippen LogP contribution in [0.5, 0.6) is 0 Å². The van der Waals surface area contributed by atoms with E-state index >= 15 is 0 Å². The molecule has 0 radical (unpaired) electrons. The van der Waals surface area contributed by atoms with Crippen LogP contribution in [-0.2, 0) is 11.2 Å². The Morgan fingerprint density at radius 3 is 2.55 bits per heavy atom. The second kappa shape index (κ2) is 7.42. The molecule has 1 aromatic rings. The molecule has 0 aliphatic heterocycles. The number of benzene rings is 1. The number of carbonyl (C=O) groups is 1. The Bertz CT molecular complexity index is 530. The summed E-state index contributed by atoms with van der Waals surface area (Å²) in [4.78, 5) is 12.5. The number of hydrogen-bond acceptors (Lipinski definition) is 3. The topological polar surface area (TPSA) is 73.1 Å². The lowest BCUT2D eigenvalue weighted by atomic mass is 9.74. The molecule has 2 unspecified atom stereocenters. The molecule has 22 heavy (non-hydrogen) atoms. The smallest absolute Gasteiger partial charge is 0.240 e. The molecule has 1 saturated carbocycles. The van der Waals surface area contributed by atoms with Crippen molar-refractivity contribution in [2.45, 2.75) is 57.6 Å². The maximum absolute atomic E-state index is 12.5. The zero-order valence-electron chi connectivity index (χ0n) is 13.1. The average molecular weight is 300 g/mol. The first-order valence-electron chi connectivity index (χ1n) is 8.01. The van der Waals surface area contributed by atoms with Crippen LogP contribution in [0.25, 0.3) is 0 Å².